The van der Waals surface area contributed by atoms with E-state index < -0.39 is 0 Å². The maximum absolute atomic E-state index is 2.48. The predicted octanol–water partition coefficient (Wildman–Crippen LogP) is 7.94. The van der Waals surface area contributed by atoms with Gasteiger partial charge in [0.15, 0.2) is 0 Å². The molecule has 0 saturated heterocycles. The molecule has 0 radical (unpaired) electrons. The van der Waals surface area contributed by atoms with Crippen LogP contribution >= 0.6 is 0 Å². The molecule has 0 saturated carbocycles. The summed E-state index contributed by atoms with van der Waals surface area (Å²) in [6.07, 6.45) is 4.34. The van der Waals surface area contributed by atoms with Crippen LogP contribution in [-0.2, 0) is 0 Å². The zero-order valence-electron chi connectivity index (χ0n) is 23.1. The Labute approximate surface area is 217 Å². The van der Waals surface area contributed by atoms with E-state index in [1.54, 1.807) is 0 Å². The number of anilines is 4. The van der Waals surface area contributed by atoms with Crippen LogP contribution in [-0.4, -0.2) is 32.3 Å². The Morgan fingerprint density at radius 2 is 1.31 bits per heavy atom. The molecular weight excluding hydrogens is 440 g/mol. The molecule has 0 atom stereocenters. The van der Waals surface area contributed by atoms with Gasteiger partial charge in [0.05, 0.1) is 24.7 Å². The fourth-order valence-electron chi connectivity index (χ4n) is 5.53. The van der Waals surface area contributed by atoms with Crippen molar-refractivity contribution in [2.24, 2.45) is 0 Å². The second-order valence-electron chi connectivity index (χ2n) is 11.2. The molecule has 3 aromatic carbocycles. The van der Waals surface area contributed by atoms with E-state index in [9.17, 15) is 0 Å². The number of nitrogens with zero attached hydrogens (tertiary/aromatic N) is 4. The highest BCUT2D eigenvalue weighted by molar-refractivity contribution is 5.87. The van der Waals surface area contributed by atoms with Crippen molar-refractivity contribution in [2.75, 3.05) is 42.1 Å². The van der Waals surface area contributed by atoms with Gasteiger partial charge in [0.25, 0.3) is 0 Å². The molecule has 0 fully saturated rings. The molecule has 5 rings (SSSR count). The minimum atomic E-state index is 0.452. The molecule has 0 amide bonds. The monoisotopic (exact) mass is 480 g/mol. The molecule has 188 valence electrons. The molecular formula is C32H40N4. The van der Waals surface area contributed by atoms with Crippen LogP contribution in [0.2, 0.25) is 0 Å². The fraction of sp³-hybridized carbons (Fsp3) is 0.375. The van der Waals surface area contributed by atoms with Crippen molar-refractivity contribution in [1.29, 1.82) is 0 Å². The normalized spacial score (nSPS) is 15.2. The van der Waals surface area contributed by atoms with Gasteiger partial charge in [0.2, 0.25) is 0 Å². The highest BCUT2D eigenvalue weighted by atomic mass is 15.4. The van der Waals surface area contributed by atoms with Crippen LogP contribution in [0.25, 0.3) is 11.1 Å². The third-order valence-corrected chi connectivity index (χ3v) is 7.73. The van der Waals surface area contributed by atoms with Crippen LogP contribution in [0.3, 0.4) is 0 Å². The van der Waals surface area contributed by atoms with E-state index in [2.05, 4.69) is 136 Å². The lowest BCUT2D eigenvalue weighted by molar-refractivity contribution is 0.496. The highest BCUT2D eigenvalue weighted by Gasteiger charge is 2.27. The summed E-state index contributed by atoms with van der Waals surface area (Å²) in [5.41, 5.74) is 13.3. The van der Waals surface area contributed by atoms with E-state index in [4.69, 9.17) is 0 Å². The van der Waals surface area contributed by atoms with Crippen molar-refractivity contribution in [2.45, 2.75) is 53.4 Å². The van der Waals surface area contributed by atoms with Crippen molar-refractivity contribution in [3.05, 3.63) is 83.2 Å². The lowest BCUT2D eigenvalue weighted by Gasteiger charge is -2.27. The second kappa shape index (κ2) is 9.24. The summed E-state index contributed by atoms with van der Waals surface area (Å²) in [5.74, 6) is 0.904. The SMILES string of the molecule is Cc1cc2c(cc1C)N(c1cc(-c3c(C(C)C)cccc3C(C)C)cc(N3C=CN(C)C3)c1)CN2C. The number of aryl methyl sites for hydroxylation is 2. The van der Waals surface area contributed by atoms with Crippen LogP contribution in [0.4, 0.5) is 22.7 Å². The first-order valence-electron chi connectivity index (χ1n) is 13.2. The topological polar surface area (TPSA) is 13.0 Å². The third kappa shape index (κ3) is 4.23. The molecule has 0 bridgehead atoms. The van der Waals surface area contributed by atoms with E-state index in [-0.39, 0.29) is 0 Å². The standard InChI is InChI=1S/C32H40N4/c1-21(2)28-10-9-11-29(22(3)4)32(28)25-16-26(35-13-12-33(7)19-35)18-27(17-25)36-20-34(8)30-14-23(5)24(6)15-31(30)36/h9-18,21-22H,19-20H2,1-8H3. The molecule has 4 nitrogen and oxygen atoms in total. The van der Waals surface area contributed by atoms with E-state index in [1.807, 2.05) is 0 Å². The lowest BCUT2D eigenvalue weighted by Crippen LogP contribution is -2.25. The number of rotatable bonds is 5. The largest absolute Gasteiger partial charge is 0.361 e. The second-order valence-corrected chi connectivity index (χ2v) is 11.2. The van der Waals surface area contributed by atoms with Crippen molar-refractivity contribution >= 4 is 22.7 Å². The summed E-state index contributed by atoms with van der Waals surface area (Å²) < 4.78 is 0. The van der Waals surface area contributed by atoms with E-state index in [0.29, 0.717) is 11.8 Å². The Balaban J connectivity index is 1.73. The maximum Gasteiger partial charge on any atom is 0.0950 e. The average molecular weight is 481 g/mol. The van der Waals surface area contributed by atoms with Gasteiger partial charge >= 0.3 is 0 Å². The van der Waals surface area contributed by atoms with Gasteiger partial charge in [0.1, 0.15) is 0 Å². The molecule has 2 aliphatic heterocycles. The van der Waals surface area contributed by atoms with Gasteiger partial charge in [-0.15, -0.1) is 0 Å². The van der Waals surface area contributed by atoms with Crippen molar-refractivity contribution in [1.82, 2.24) is 4.90 Å². The Hall–Kier alpha value is -3.40. The zero-order valence-corrected chi connectivity index (χ0v) is 23.1. The lowest BCUT2D eigenvalue weighted by atomic mass is 9.84. The van der Waals surface area contributed by atoms with Gasteiger partial charge in [-0.3, -0.25) is 0 Å². The summed E-state index contributed by atoms with van der Waals surface area (Å²) in [7, 11) is 4.32. The first-order valence-corrected chi connectivity index (χ1v) is 13.2. The summed E-state index contributed by atoms with van der Waals surface area (Å²) in [6, 6.07) is 18.7. The molecule has 3 aromatic rings. The van der Waals surface area contributed by atoms with Gasteiger partial charge in [-0.05, 0) is 89.4 Å². The fourth-order valence-corrected chi connectivity index (χ4v) is 5.53. The Morgan fingerprint density at radius 1 is 0.694 bits per heavy atom. The number of fused-ring (bicyclic) bond motifs is 1. The molecule has 0 unspecified atom stereocenters. The highest BCUT2D eigenvalue weighted by Crippen LogP contribution is 2.45. The predicted molar refractivity (Wildman–Crippen MR) is 156 cm³/mol. The molecule has 0 N–H and O–H groups in total. The van der Waals surface area contributed by atoms with E-state index >= 15 is 0 Å². The van der Waals surface area contributed by atoms with Gasteiger partial charge in [0, 0.05) is 37.9 Å². The van der Waals surface area contributed by atoms with E-state index in [0.717, 1.165) is 13.3 Å². The smallest absolute Gasteiger partial charge is 0.0950 e. The van der Waals surface area contributed by atoms with Crippen LogP contribution in [0, 0.1) is 13.8 Å². The number of hydrogen-bond donors (Lipinski definition) is 0. The zero-order chi connectivity index (χ0) is 25.7. The van der Waals surface area contributed by atoms with Gasteiger partial charge in [-0.25, -0.2) is 0 Å². The summed E-state index contributed by atoms with van der Waals surface area (Å²) >= 11 is 0. The number of hydrogen-bond acceptors (Lipinski definition) is 4. The summed E-state index contributed by atoms with van der Waals surface area (Å²) in [6.45, 7) is 15.4. The quantitative estimate of drug-likeness (QED) is 0.367. The minimum absolute atomic E-state index is 0.452. The molecule has 2 aliphatic rings. The summed E-state index contributed by atoms with van der Waals surface area (Å²) in [4.78, 5) is 9.41. The minimum Gasteiger partial charge on any atom is -0.361 e. The first kappa shape index (κ1) is 24.3. The average Bonchev–Trinajstić information content (AvgIpc) is 3.42. The molecule has 0 aliphatic carbocycles. The van der Waals surface area contributed by atoms with Crippen LogP contribution < -0.4 is 14.7 Å². The molecule has 2 heterocycles. The third-order valence-electron chi connectivity index (χ3n) is 7.73. The van der Waals surface area contributed by atoms with Gasteiger partial charge in [-0.2, -0.15) is 0 Å². The molecule has 0 spiro atoms. The van der Waals surface area contributed by atoms with E-state index in [1.165, 1.54) is 56.1 Å². The van der Waals surface area contributed by atoms with Crippen LogP contribution in [0.1, 0.15) is 61.8 Å². The molecule has 0 aromatic heterocycles. The van der Waals surface area contributed by atoms with Crippen molar-refractivity contribution in [3.8, 4) is 11.1 Å². The van der Waals surface area contributed by atoms with Crippen LogP contribution in [0.15, 0.2) is 60.9 Å². The first-order chi connectivity index (χ1) is 17.1. The van der Waals surface area contributed by atoms with Gasteiger partial charge < -0.3 is 19.6 Å². The van der Waals surface area contributed by atoms with Gasteiger partial charge in [-0.1, -0.05) is 45.9 Å². The van der Waals surface area contributed by atoms with Crippen molar-refractivity contribution in [3.63, 3.8) is 0 Å². The number of benzene rings is 3. The molecule has 4 heteroatoms. The Bertz CT molecular complexity index is 1290. The Morgan fingerprint density at radius 3 is 1.89 bits per heavy atom. The van der Waals surface area contributed by atoms with Crippen LogP contribution in [0.5, 0.6) is 0 Å². The molecule has 36 heavy (non-hydrogen) atoms. The maximum atomic E-state index is 2.48. The summed E-state index contributed by atoms with van der Waals surface area (Å²) in [5, 5.41) is 0. The van der Waals surface area contributed by atoms with Crippen molar-refractivity contribution < 1.29 is 0 Å². The Kier molecular flexibility index (Phi) is 6.23.